The summed E-state index contributed by atoms with van der Waals surface area (Å²) in [6, 6.07) is 9.83. The van der Waals surface area contributed by atoms with E-state index in [1.165, 1.54) is 11.9 Å². The molecule has 0 fully saturated rings. The Morgan fingerprint density at radius 3 is 2.62 bits per heavy atom. The minimum absolute atomic E-state index is 0.118. The zero-order chi connectivity index (χ0) is 17.5. The van der Waals surface area contributed by atoms with E-state index in [-0.39, 0.29) is 12.1 Å². The van der Waals surface area contributed by atoms with E-state index < -0.39 is 0 Å². The first-order valence-corrected chi connectivity index (χ1v) is 7.96. The summed E-state index contributed by atoms with van der Waals surface area (Å²) in [6.45, 7) is 3.33. The summed E-state index contributed by atoms with van der Waals surface area (Å²) in [6.07, 6.45) is 3.18. The van der Waals surface area contributed by atoms with Crippen molar-refractivity contribution in [1.82, 2.24) is 25.1 Å². The number of hydrogen-bond acceptors (Lipinski definition) is 4. The zero-order valence-electron chi connectivity index (χ0n) is 14.7. The van der Waals surface area contributed by atoms with Crippen LogP contribution in [0.25, 0.3) is 0 Å². The topological polar surface area (TPSA) is 61.4 Å². The van der Waals surface area contributed by atoms with E-state index in [0.29, 0.717) is 6.54 Å². The van der Waals surface area contributed by atoms with Gasteiger partial charge in [-0.3, -0.25) is 0 Å². The lowest BCUT2D eigenvalue weighted by atomic mass is 10.1. The Kier molecular flexibility index (Phi) is 6.26. The van der Waals surface area contributed by atoms with E-state index in [9.17, 15) is 4.79 Å². The van der Waals surface area contributed by atoms with Crippen molar-refractivity contribution < 1.29 is 4.79 Å². The fraction of sp³-hybridized carbons (Fsp3) is 0.389. The van der Waals surface area contributed by atoms with E-state index in [0.717, 1.165) is 17.8 Å². The SMILES string of the molecule is CC(c1ccncn1)N(C)C(=O)NCc1cccc(CN(C)C)c1. The molecule has 0 spiro atoms. The molecule has 6 heteroatoms. The van der Waals surface area contributed by atoms with Crippen LogP contribution in [0.1, 0.15) is 29.8 Å². The average molecular weight is 327 g/mol. The molecule has 2 aromatic rings. The van der Waals surface area contributed by atoms with Crippen molar-refractivity contribution in [2.75, 3.05) is 21.1 Å². The minimum Gasteiger partial charge on any atom is -0.334 e. The van der Waals surface area contributed by atoms with Gasteiger partial charge in [0.1, 0.15) is 6.33 Å². The smallest absolute Gasteiger partial charge is 0.317 e. The van der Waals surface area contributed by atoms with Crippen LogP contribution in [-0.2, 0) is 13.1 Å². The van der Waals surface area contributed by atoms with Crippen molar-refractivity contribution in [3.63, 3.8) is 0 Å². The monoisotopic (exact) mass is 327 g/mol. The van der Waals surface area contributed by atoms with Gasteiger partial charge < -0.3 is 15.1 Å². The molecule has 0 aliphatic rings. The Hall–Kier alpha value is -2.47. The number of nitrogens with one attached hydrogen (secondary N) is 1. The highest BCUT2D eigenvalue weighted by molar-refractivity contribution is 5.74. The molecular weight excluding hydrogens is 302 g/mol. The number of urea groups is 1. The van der Waals surface area contributed by atoms with Crippen molar-refractivity contribution in [1.29, 1.82) is 0 Å². The molecule has 0 radical (unpaired) electrons. The van der Waals surface area contributed by atoms with Crippen LogP contribution in [0, 0.1) is 0 Å². The molecule has 2 rings (SSSR count). The van der Waals surface area contributed by atoms with Gasteiger partial charge in [0.15, 0.2) is 0 Å². The predicted molar refractivity (Wildman–Crippen MR) is 94.3 cm³/mol. The van der Waals surface area contributed by atoms with Crippen LogP contribution in [0.5, 0.6) is 0 Å². The third kappa shape index (κ3) is 5.03. The number of carbonyl (C=O) groups is 1. The van der Waals surface area contributed by atoms with Gasteiger partial charge in [0.25, 0.3) is 0 Å². The van der Waals surface area contributed by atoms with Gasteiger partial charge in [-0.1, -0.05) is 24.3 Å². The number of rotatable bonds is 6. The van der Waals surface area contributed by atoms with Gasteiger partial charge in [-0.15, -0.1) is 0 Å². The molecule has 2 amide bonds. The Morgan fingerprint density at radius 2 is 1.96 bits per heavy atom. The van der Waals surface area contributed by atoms with E-state index >= 15 is 0 Å². The highest BCUT2D eigenvalue weighted by Gasteiger charge is 2.17. The molecule has 128 valence electrons. The number of hydrogen-bond donors (Lipinski definition) is 1. The van der Waals surface area contributed by atoms with Crippen LogP contribution < -0.4 is 5.32 Å². The lowest BCUT2D eigenvalue weighted by Gasteiger charge is -2.24. The number of carbonyl (C=O) groups excluding carboxylic acids is 1. The van der Waals surface area contributed by atoms with E-state index in [1.807, 2.05) is 39.2 Å². The van der Waals surface area contributed by atoms with Gasteiger partial charge in [0, 0.05) is 26.3 Å². The summed E-state index contributed by atoms with van der Waals surface area (Å²) >= 11 is 0. The molecule has 1 aromatic heterocycles. The molecule has 1 aromatic carbocycles. The summed E-state index contributed by atoms with van der Waals surface area (Å²) in [4.78, 5) is 24.2. The summed E-state index contributed by atoms with van der Waals surface area (Å²) in [5.41, 5.74) is 3.14. The predicted octanol–water partition coefficient (Wildman–Crippen LogP) is 2.44. The quantitative estimate of drug-likeness (QED) is 0.885. The molecule has 0 saturated carbocycles. The van der Waals surface area contributed by atoms with E-state index in [4.69, 9.17) is 0 Å². The van der Waals surface area contributed by atoms with Gasteiger partial charge in [-0.05, 0) is 38.2 Å². The lowest BCUT2D eigenvalue weighted by molar-refractivity contribution is 0.193. The molecule has 0 aliphatic heterocycles. The average Bonchev–Trinajstić information content (AvgIpc) is 2.59. The van der Waals surface area contributed by atoms with Crippen molar-refractivity contribution >= 4 is 6.03 Å². The summed E-state index contributed by atoms with van der Waals surface area (Å²) in [7, 11) is 5.85. The number of amides is 2. The normalized spacial score (nSPS) is 12.0. The van der Waals surface area contributed by atoms with Gasteiger partial charge in [-0.2, -0.15) is 0 Å². The van der Waals surface area contributed by atoms with Crippen molar-refractivity contribution in [2.24, 2.45) is 0 Å². The lowest BCUT2D eigenvalue weighted by Crippen LogP contribution is -2.38. The van der Waals surface area contributed by atoms with Crippen LogP contribution >= 0.6 is 0 Å². The van der Waals surface area contributed by atoms with Crippen LogP contribution in [0.2, 0.25) is 0 Å². The zero-order valence-corrected chi connectivity index (χ0v) is 14.7. The molecule has 1 atom stereocenters. The molecule has 24 heavy (non-hydrogen) atoms. The summed E-state index contributed by atoms with van der Waals surface area (Å²) < 4.78 is 0. The molecular formula is C18H25N5O. The number of aromatic nitrogens is 2. The van der Waals surface area contributed by atoms with Gasteiger partial charge in [0.2, 0.25) is 0 Å². The Labute approximate surface area is 143 Å². The Bertz CT molecular complexity index is 659. The maximum absolute atomic E-state index is 12.4. The largest absolute Gasteiger partial charge is 0.334 e. The van der Waals surface area contributed by atoms with E-state index in [2.05, 4.69) is 32.3 Å². The van der Waals surface area contributed by atoms with Crippen LogP contribution in [-0.4, -0.2) is 46.9 Å². The Balaban J connectivity index is 1.93. The third-order valence-electron chi connectivity index (χ3n) is 3.87. The maximum Gasteiger partial charge on any atom is 0.317 e. The highest BCUT2D eigenvalue weighted by atomic mass is 16.2. The molecule has 0 aliphatic carbocycles. The molecule has 1 N–H and O–H groups in total. The number of benzene rings is 1. The summed E-state index contributed by atoms with van der Waals surface area (Å²) in [5.74, 6) is 0. The maximum atomic E-state index is 12.4. The first kappa shape index (κ1) is 17.9. The van der Waals surface area contributed by atoms with Gasteiger partial charge in [-0.25, -0.2) is 14.8 Å². The second kappa shape index (κ2) is 8.40. The third-order valence-corrected chi connectivity index (χ3v) is 3.87. The van der Waals surface area contributed by atoms with Crippen molar-refractivity contribution in [3.05, 3.63) is 59.7 Å². The highest BCUT2D eigenvalue weighted by Crippen LogP contribution is 2.15. The van der Waals surface area contributed by atoms with Gasteiger partial charge in [0.05, 0.1) is 11.7 Å². The molecule has 0 saturated heterocycles. The number of nitrogens with zero attached hydrogens (tertiary/aromatic N) is 4. The Morgan fingerprint density at radius 1 is 1.21 bits per heavy atom. The summed E-state index contributed by atoms with van der Waals surface area (Å²) in [5, 5.41) is 2.96. The van der Waals surface area contributed by atoms with Gasteiger partial charge >= 0.3 is 6.03 Å². The van der Waals surface area contributed by atoms with Crippen LogP contribution in [0.15, 0.2) is 42.9 Å². The molecule has 1 unspecified atom stereocenters. The second-order valence-corrected chi connectivity index (χ2v) is 6.14. The van der Waals surface area contributed by atoms with Crippen LogP contribution in [0.4, 0.5) is 4.79 Å². The standard InChI is InChI=1S/C18H25N5O/c1-14(17-8-9-19-13-21-17)23(4)18(24)20-11-15-6-5-7-16(10-15)12-22(2)3/h5-10,13-14H,11-12H2,1-4H3,(H,20,24). The molecule has 1 heterocycles. The van der Waals surface area contributed by atoms with Crippen molar-refractivity contribution in [3.8, 4) is 0 Å². The fourth-order valence-corrected chi connectivity index (χ4v) is 2.43. The first-order chi connectivity index (χ1) is 11.5. The van der Waals surface area contributed by atoms with Crippen molar-refractivity contribution in [2.45, 2.75) is 26.1 Å². The fourth-order valence-electron chi connectivity index (χ4n) is 2.43. The molecule has 0 bridgehead atoms. The molecule has 6 nitrogen and oxygen atoms in total. The first-order valence-electron chi connectivity index (χ1n) is 7.96. The van der Waals surface area contributed by atoms with Crippen LogP contribution in [0.3, 0.4) is 0 Å². The minimum atomic E-state index is -0.126. The second-order valence-electron chi connectivity index (χ2n) is 6.14. The van der Waals surface area contributed by atoms with E-state index in [1.54, 1.807) is 18.1 Å².